The Bertz CT molecular complexity index is 1340. The molecule has 2 aromatic heterocycles. The van der Waals surface area contributed by atoms with E-state index in [1.807, 2.05) is 30.3 Å². The molecule has 0 atom stereocenters. The van der Waals surface area contributed by atoms with Crippen LogP contribution >= 0.6 is 11.8 Å². The van der Waals surface area contributed by atoms with Crippen LogP contribution in [0.25, 0.3) is 17.0 Å². The molecule has 4 rings (SSSR count). The van der Waals surface area contributed by atoms with Crippen LogP contribution in [0.15, 0.2) is 75.3 Å². The lowest BCUT2D eigenvalue weighted by Crippen LogP contribution is -2.19. The number of aromatic nitrogens is 4. The molecule has 1 N–H and O–H groups in total. The number of hydrazone groups is 1. The average molecular weight is 479 g/mol. The Morgan fingerprint density at radius 3 is 2.85 bits per heavy atom. The first kappa shape index (κ1) is 22.7. The quantitative estimate of drug-likeness (QED) is 0.165. The number of benzene rings is 2. The van der Waals surface area contributed by atoms with Crippen LogP contribution in [0, 0.1) is 10.1 Å². The Morgan fingerprint density at radius 2 is 2.09 bits per heavy atom. The van der Waals surface area contributed by atoms with Crippen molar-refractivity contribution in [2.45, 2.75) is 5.16 Å². The smallest absolute Gasteiger partial charge is 0.284 e. The van der Waals surface area contributed by atoms with Crippen molar-refractivity contribution in [1.82, 2.24) is 25.6 Å². The van der Waals surface area contributed by atoms with Crippen LogP contribution in [0.1, 0.15) is 5.76 Å². The van der Waals surface area contributed by atoms with E-state index >= 15 is 0 Å². The molecule has 34 heavy (non-hydrogen) atoms. The van der Waals surface area contributed by atoms with E-state index in [-0.39, 0.29) is 23.1 Å². The molecule has 0 aliphatic rings. The van der Waals surface area contributed by atoms with E-state index in [1.165, 1.54) is 24.1 Å². The molecule has 0 unspecified atom stereocenters. The lowest BCUT2D eigenvalue weighted by Gasteiger charge is -2.03. The summed E-state index contributed by atoms with van der Waals surface area (Å²) in [5.74, 6) is 0.613. The van der Waals surface area contributed by atoms with Gasteiger partial charge in [-0.3, -0.25) is 14.9 Å². The van der Waals surface area contributed by atoms with Crippen molar-refractivity contribution >= 4 is 29.6 Å². The monoisotopic (exact) mass is 479 g/mol. The molecule has 0 bridgehead atoms. The highest BCUT2D eigenvalue weighted by molar-refractivity contribution is 7.99. The van der Waals surface area contributed by atoms with E-state index < -0.39 is 4.92 Å². The van der Waals surface area contributed by atoms with Gasteiger partial charge in [0.15, 0.2) is 0 Å². The third-order valence-corrected chi connectivity index (χ3v) is 5.37. The number of carbonyl (C=O) groups is 1. The standard InChI is InChI=1S/C21H17N7O5S/c1-32-15-7-9-17(18(11-15)28(30)31)19-10-8-16(33-19)12-22-23-20(29)13-34-21-24-25-26-27(21)14-5-3-2-4-6-14/h2-12H,13H2,1H3,(H,23,29). The van der Waals surface area contributed by atoms with E-state index in [4.69, 9.17) is 9.15 Å². The number of furan rings is 1. The highest BCUT2D eigenvalue weighted by atomic mass is 32.2. The molecule has 4 aromatic rings. The van der Waals surface area contributed by atoms with E-state index in [0.717, 1.165) is 17.4 Å². The first-order valence-corrected chi connectivity index (χ1v) is 10.7. The number of tetrazole rings is 1. The van der Waals surface area contributed by atoms with Crippen molar-refractivity contribution < 1.29 is 18.9 Å². The average Bonchev–Trinajstić information content (AvgIpc) is 3.52. The largest absolute Gasteiger partial charge is 0.497 e. The maximum atomic E-state index is 12.1. The van der Waals surface area contributed by atoms with Crippen molar-refractivity contribution in [1.29, 1.82) is 0 Å². The van der Waals surface area contributed by atoms with Crippen LogP contribution in [-0.4, -0.2) is 50.1 Å². The topological polar surface area (TPSA) is 151 Å². The first-order valence-electron chi connectivity index (χ1n) is 9.76. The summed E-state index contributed by atoms with van der Waals surface area (Å²) < 4.78 is 12.2. The van der Waals surface area contributed by atoms with E-state index in [9.17, 15) is 14.9 Å². The summed E-state index contributed by atoms with van der Waals surface area (Å²) in [7, 11) is 1.43. The van der Waals surface area contributed by atoms with Crippen LogP contribution in [0.5, 0.6) is 5.75 Å². The molecule has 2 aromatic carbocycles. The number of ether oxygens (including phenoxy) is 1. The zero-order valence-corrected chi connectivity index (χ0v) is 18.5. The molecular formula is C21H17N7O5S. The fourth-order valence-corrected chi connectivity index (χ4v) is 3.58. The van der Waals surface area contributed by atoms with Gasteiger partial charge in [-0.2, -0.15) is 9.78 Å². The molecule has 13 heteroatoms. The molecule has 0 radical (unpaired) electrons. The van der Waals surface area contributed by atoms with Gasteiger partial charge >= 0.3 is 0 Å². The van der Waals surface area contributed by atoms with Crippen LogP contribution in [-0.2, 0) is 4.79 Å². The number of hydrogen-bond donors (Lipinski definition) is 1. The highest BCUT2D eigenvalue weighted by Gasteiger charge is 2.19. The minimum absolute atomic E-state index is 0.0337. The maximum Gasteiger partial charge on any atom is 0.284 e. The minimum Gasteiger partial charge on any atom is -0.497 e. The molecule has 2 heterocycles. The molecule has 12 nitrogen and oxygen atoms in total. The van der Waals surface area contributed by atoms with Gasteiger partial charge in [-0.05, 0) is 46.8 Å². The lowest BCUT2D eigenvalue weighted by molar-refractivity contribution is -0.384. The minimum atomic E-state index is -0.514. The van der Waals surface area contributed by atoms with Gasteiger partial charge in [-0.15, -0.1) is 5.10 Å². The zero-order chi connectivity index (χ0) is 23.9. The number of para-hydroxylation sites is 1. The second-order valence-electron chi connectivity index (χ2n) is 6.63. The number of thioether (sulfide) groups is 1. The molecule has 1 amide bonds. The highest BCUT2D eigenvalue weighted by Crippen LogP contribution is 2.33. The van der Waals surface area contributed by atoms with Gasteiger partial charge in [0.1, 0.15) is 17.3 Å². The molecule has 0 spiro atoms. The van der Waals surface area contributed by atoms with Gasteiger partial charge in [0.2, 0.25) is 5.16 Å². The Labute approximate surface area is 196 Å². The number of amides is 1. The summed E-state index contributed by atoms with van der Waals surface area (Å²) in [5, 5.41) is 27.2. The third kappa shape index (κ3) is 5.27. The number of carbonyl (C=O) groups excluding carboxylic acids is 1. The zero-order valence-electron chi connectivity index (χ0n) is 17.7. The van der Waals surface area contributed by atoms with Crippen LogP contribution in [0.3, 0.4) is 0 Å². The number of hydrogen-bond acceptors (Lipinski definition) is 10. The Kier molecular flexibility index (Phi) is 6.93. The van der Waals surface area contributed by atoms with Crippen LogP contribution in [0.2, 0.25) is 0 Å². The van der Waals surface area contributed by atoms with Crippen molar-refractivity contribution in [2.24, 2.45) is 5.10 Å². The van der Waals surface area contributed by atoms with Gasteiger partial charge < -0.3 is 9.15 Å². The molecule has 172 valence electrons. The number of nitrogens with zero attached hydrogens (tertiary/aromatic N) is 6. The number of nitro benzene ring substituents is 1. The number of methoxy groups -OCH3 is 1. The third-order valence-electron chi connectivity index (χ3n) is 4.45. The molecule has 0 fully saturated rings. The van der Waals surface area contributed by atoms with Gasteiger partial charge in [0, 0.05) is 0 Å². The molecule has 0 saturated heterocycles. The molecular weight excluding hydrogens is 462 g/mol. The van der Waals surface area contributed by atoms with E-state index in [1.54, 1.807) is 24.3 Å². The summed E-state index contributed by atoms with van der Waals surface area (Å²) in [4.78, 5) is 23.0. The van der Waals surface area contributed by atoms with Crippen molar-refractivity contribution in [3.05, 3.63) is 76.5 Å². The summed E-state index contributed by atoms with van der Waals surface area (Å²) in [6.45, 7) is 0. The molecule has 0 aliphatic heterocycles. The lowest BCUT2D eigenvalue weighted by atomic mass is 10.1. The summed E-state index contributed by atoms with van der Waals surface area (Å²) in [6, 6.07) is 16.9. The molecule has 0 aliphatic carbocycles. The summed E-state index contributed by atoms with van der Waals surface area (Å²) in [5.41, 5.74) is 3.31. The van der Waals surface area contributed by atoms with Crippen molar-refractivity contribution in [3.63, 3.8) is 0 Å². The van der Waals surface area contributed by atoms with E-state index in [2.05, 4.69) is 26.1 Å². The van der Waals surface area contributed by atoms with Gasteiger partial charge in [-0.25, -0.2) is 5.43 Å². The van der Waals surface area contributed by atoms with Gasteiger partial charge in [0.05, 0.1) is 41.3 Å². The summed E-state index contributed by atoms with van der Waals surface area (Å²) >= 11 is 1.15. The van der Waals surface area contributed by atoms with E-state index in [0.29, 0.717) is 22.2 Å². The fraction of sp³-hybridized carbons (Fsp3) is 0.0952. The normalized spacial score (nSPS) is 11.0. The van der Waals surface area contributed by atoms with Crippen molar-refractivity contribution in [3.8, 4) is 22.8 Å². The first-order chi connectivity index (χ1) is 16.5. The van der Waals surface area contributed by atoms with Gasteiger partial charge in [-0.1, -0.05) is 30.0 Å². The van der Waals surface area contributed by atoms with Crippen molar-refractivity contribution in [2.75, 3.05) is 12.9 Å². The van der Waals surface area contributed by atoms with Crippen LogP contribution in [0.4, 0.5) is 5.69 Å². The van der Waals surface area contributed by atoms with Gasteiger partial charge in [0.25, 0.3) is 11.6 Å². The fourth-order valence-electron chi connectivity index (χ4n) is 2.90. The summed E-state index contributed by atoms with van der Waals surface area (Å²) in [6.07, 6.45) is 1.30. The number of nitro groups is 1. The predicted octanol–water partition coefficient (Wildman–Crippen LogP) is 3.08. The second-order valence-corrected chi connectivity index (χ2v) is 7.58. The Balaban J connectivity index is 1.35. The number of nitrogens with one attached hydrogen (secondary N) is 1. The second kappa shape index (κ2) is 10.4. The molecule has 0 saturated carbocycles. The van der Waals surface area contributed by atoms with Crippen LogP contribution < -0.4 is 10.2 Å². The Morgan fingerprint density at radius 1 is 1.26 bits per heavy atom. The SMILES string of the molecule is COc1ccc(-c2ccc(C=NNC(=O)CSc3nnnn3-c3ccccc3)o2)c([N+](=O)[O-])c1. The Hall–Kier alpha value is -4.52. The predicted molar refractivity (Wildman–Crippen MR) is 123 cm³/mol. The maximum absolute atomic E-state index is 12.1. The number of rotatable bonds is 9.